The van der Waals surface area contributed by atoms with E-state index in [4.69, 9.17) is 0 Å². The molecule has 1 saturated heterocycles. The lowest BCUT2D eigenvalue weighted by molar-refractivity contribution is 0.176. The monoisotopic (exact) mass is 383 g/mol. The number of nitrogens with zero attached hydrogens (tertiary/aromatic N) is 1. The van der Waals surface area contributed by atoms with Gasteiger partial charge in [-0.2, -0.15) is 0 Å². The van der Waals surface area contributed by atoms with Gasteiger partial charge in [-0.25, -0.2) is 0 Å². The first-order valence-electron chi connectivity index (χ1n) is 12.0. The molecule has 0 bridgehead atoms. The highest BCUT2D eigenvalue weighted by Gasteiger charge is 2.30. The number of hydrogen-bond donors (Lipinski definition) is 0. The molecule has 0 spiro atoms. The van der Waals surface area contributed by atoms with E-state index in [1.165, 1.54) is 57.2 Å². The summed E-state index contributed by atoms with van der Waals surface area (Å²) in [5, 5.41) is 0. The molecule has 4 unspecified atom stereocenters. The first-order chi connectivity index (χ1) is 13.6. The Hall–Kier alpha value is -1.08. The molecule has 28 heavy (non-hydrogen) atoms. The molecule has 0 N–H and O–H groups in total. The molecule has 0 aromatic carbocycles. The van der Waals surface area contributed by atoms with Crippen LogP contribution in [-0.4, -0.2) is 24.0 Å². The van der Waals surface area contributed by atoms with Crippen molar-refractivity contribution in [2.45, 2.75) is 92.5 Å². The van der Waals surface area contributed by atoms with Gasteiger partial charge in [0.25, 0.3) is 0 Å². The van der Waals surface area contributed by atoms with Crippen LogP contribution in [0.1, 0.15) is 86.5 Å². The van der Waals surface area contributed by atoms with Crippen molar-refractivity contribution < 1.29 is 0 Å². The predicted molar refractivity (Wildman–Crippen MR) is 126 cm³/mol. The first-order valence-corrected chi connectivity index (χ1v) is 12.0. The van der Waals surface area contributed by atoms with Crippen molar-refractivity contribution >= 4 is 0 Å². The summed E-state index contributed by atoms with van der Waals surface area (Å²) in [7, 11) is 0. The van der Waals surface area contributed by atoms with Crippen molar-refractivity contribution in [1.29, 1.82) is 0 Å². The van der Waals surface area contributed by atoms with Gasteiger partial charge in [0.05, 0.1) is 0 Å². The molecule has 1 fully saturated rings. The Morgan fingerprint density at radius 2 is 1.79 bits per heavy atom. The first kappa shape index (κ1) is 23.2. The molecule has 0 amide bonds. The lowest BCUT2D eigenvalue weighted by Crippen LogP contribution is -2.39. The summed E-state index contributed by atoms with van der Waals surface area (Å²) in [5.41, 5.74) is 4.77. The zero-order chi connectivity index (χ0) is 20.5. The van der Waals surface area contributed by atoms with Gasteiger partial charge < -0.3 is 4.90 Å². The minimum atomic E-state index is 0.676. The van der Waals surface area contributed by atoms with Crippen molar-refractivity contribution in [1.82, 2.24) is 4.90 Å². The molecule has 158 valence electrons. The molecular weight excluding hydrogens is 338 g/mol. The number of allylic oxidation sites excluding steroid dienone is 7. The van der Waals surface area contributed by atoms with Crippen molar-refractivity contribution in [3.8, 4) is 0 Å². The molecule has 0 radical (unpaired) electrons. The van der Waals surface area contributed by atoms with Crippen LogP contribution in [-0.2, 0) is 0 Å². The second-order valence-corrected chi connectivity index (χ2v) is 9.01. The molecule has 1 heterocycles. The highest BCUT2D eigenvalue weighted by molar-refractivity contribution is 5.31. The summed E-state index contributed by atoms with van der Waals surface area (Å²) >= 11 is 0. The molecule has 3 aliphatic rings. The van der Waals surface area contributed by atoms with Crippen molar-refractivity contribution in [3.63, 3.8) is 0 Å². The number of likely N-dealkylation sites (tertiary alicyclic amines) is 1. The van der Waals surface area contributed by atoms with E-state index >= 15 is 0 Å². The summed E-state index contributed by atoms with van der Waals surface area (Å²) in [6, 6.07) is 0.676. The Labute approximate surface area is 175 Å². The molecule has 1 nitrogen and oxygen atoms in total. The smallest absolute Gasteiger partial charge is 0.0130 e. The van der Waals surface area contributed by atoms with Crippen molar-refractivity contribution in [3.05, 3.63) is 47.1 Å². The van der Waals surface area contributed by atoms with E-state index < -0.39 is 0 Å². The van der Waals surface area contributed by atoms with Crippen LogP contribution in [0, 0.1) is 17.8 Å². The van der Waals surface area contributed by atoms with Gasteiger partial charge >= 0.3 is 0 Å². The maximum Gasteiger partial charge on any atom is 0.0130 e. The van der Waals surface area contributed by atoms with Gasteiger partial charge in [-0.1, -0.05) is 74.8 Å². The fourth-order valence-corrected chi connectivity index (χ4v) is 5.15. The Morgan fingerprint density at radius 3 is 2.50 bits per heavy atom. The van der Waals surface area contributed by atoms with Crippen molar-refractivity contribution in [2.24, 2.45) is 17.8 Å². The third kappa shape index (κ3) is 6.21. The fourth-order valence-electron chi connectivity index (χ4n) is 5.15. The zero-order valence-electron chi connectivity index (χ0n) is 19.5. The Morgan fingerprint density at radius 1 is 1.04 bits per heavy atom. The van der Waals surface area contributed by atoms with Crippen LogP contribution < -0.4 is 0 Å². The molecule has 0 aromatic heterocycles. The van der Waals surface area contributed by atoms with Crippen LogP contribution in [0.2, 0.25) is 0 Å². The van der Waals surface area contributed by atoms with E-state index in [0.717, 1.165) is 18.3 Å². The highest BCUT2D eigenvalue weighted by atomic mass is 15.2. The molecule has 4 atom stereocenters. The van der Waals surface area contributed by atoms with Gasteiger partial charge in [0, 0.05) is 6.04 Å². The molecule has 0 saturated carbocycles. The third-order valence-corrected chi connectivity index (χ3v) is 7.27. The van der Waals surface area contributed by atoms with Crippen LogP contribution in [0.15, 0.2) is 47.1 Å². The maximum atomic E-state index is 2.80. The minimum absolute atomic E-state index is 0.676. The Balaban J connectivity index is 0.00000136. The minimum Gasteiger partial charge on any atom is -0.300 e. The third-order valence-electron chi connectivity index (χ3n) is 7.27. The van der Waals surface area contributed by atoms with Crippen LogP contribution in [0.5, 0.6) is 0 Å². The van der Waals surface area contributed by atoms with E-state index in [0.29, 0.717) is 12.0 Å². The summed E-state index contributed by atoms with van der Waals surface area (Å²) in [4.78, 5) is 2.80. The van der Waals surface area contributed by atoms with E-state index in [1.54, 1.807) is 11.1 Å². The molecule has 1 heteroatoms. The molecule has 1 aliphatic heterocycles. The van der Waals surface area contributed by atoms with Gasteiger partial charge in [-0.15, -0.1) is 0 Å². The summed E-state index contributed by atoms with van der Waals surface area (Å²) in [6.07, 6.45) is 21.2. The van der Waals surface area contributed by atoms with Crippen molar-refractivity contribution in [2.75, 3.05) is 13.1 Å². The van der Waals surface area contributed by atoms with Gasteiger partial charge in [-0.3, -0.25) is 0 Å². The number of rotatable bonds is 4. The largest absolute Gasteiger partial charge is 0.300 e. The summed E-state index contributed by atoms with van der Waals surface area (Å²) in [6.45, 7) is 16.2. The van der Waals surface area contributed by atoms with E-state index in [2.05, 4.69) is 63.0 Å². The van der Waals surface area contributed by atoms with Gasteiger partial charge in [0.2, 0.25) is 0 Å². The normalized spacial score (nSPS) is 28.6. The van der Waals surface area contributed by atoms with Crippen LogP contribution in [0.25, 0.3) is 0 Å². The van der Waals surface area contributed by atoms with Gasteiger partial charge in [0.15, 0.2) is 0 Å². The predicted octanol–water partition coefficient (Wildman–Crippen LogP) is 7.72. The topological polar surface area (TPSA) is 3.24 Å². The van der Waals surface area contributed by atoms with Crippen LogP contribution >= 0.6 is 0 Å². The molecule has 3 rings (SSSR count). The SMILES string of the molecule is CC.CC1=CC=C(C2CCN(C(C)C(C)C3=CCCCC3)CCC2C)CC=C1. The molecular formula is C27H45N. The lowest BCUT2D eigenvalue weighted by Gasteiger charge is -2.34. The van der Waals surface area contributed by atoms with E-state index in [1.807, 2.05) is 13.8 Å². The Kier molecular flexibility index (Phi) is 9.79. The highest BCUT2D eigenvalue weighted by Crippen LogP contribution is 2.35. The average molecular weight is 384 g/mol. The van der Waals surface area contributed by atoms with Crippen LogP contribution in [0.3, 0.4) is 0 Å². The lowest BCUT2D eigenvalue weighted by atomic mass is 9.82. The molecule has 0 aromatic rings. The van der Waals surface area contributed by atoms with Gasteiger partial charge in [-0.05, 0) is 89.6 Å². The van der Waals surface area contributed by atoms with Crippen LogP contribution in [0.4, 0.5) is 0 Å². The summed E-state index contributed by atoms with van der Waals surface area (Å²) in [5.74, 6) is 2.26. The van der Waals surface area contributed by atoms with E-state index in [9.17, 15) is 0 Å². The second kappa shape index (κ2) is 11.8. The maximum absolute atomic E-state index is 2.80. The second-order valence-electron chi connectivity index (χ2n) is 9.01. The quantitative estimate of drug-likeness (QED) is 0.449. The fraction of sp³-hybridized carbons (Fsp3) is 0.704. The van der Waals surface area contributed by atoms with Gasteiger partial charge in [0.1, 0.15) is 0 Å². The van der Waals surface area contributed by atoms with E-state index in [-0.39, 0.29) is 0 Å². The standard InChI is InChI=1S/C25H39N.C2H6/c1-19-9-8-12-24(14-13-19)25-16-18-26(17-15-20(25)2)22(4)21(3)23-10-6-5-7-11-23;1-2/h8-10,13-14,20-22,25H,5-7,11-12,15-18H2,1-4H3;1-2H3. The summed E-state index contributed by atoms with van der Waals surface area (Å²) < 4.78 is 0. The zero-order valence-corrected chi connectivity index (χ0v) is 19.5. The Bertz CT molecular complexity index is 591. The number of hydrogen-bond acceptors (Lipinski definition) is 1. The molecule has 2 aliphatic carbocycles. The average Bonchev–Trinajstić information content (AvgIpc) is 3.06.